The molecule has 0 aromatic heterocycles. The van der Waals surface area contributed by atoms with Crippen LogP contribution in [0.5, 0.6) is 11.5 Å². The number of rotatable bonds is 3. The van der Waals surface area contributed by atoms with E-state index in [-0.39, 0.29) is 0 Å². The predicted octanol–water partition coefficient (Wildman–Crippen LogP) is 4.86. The molecule has 110 valence electrons. The van der Waals surface area contributed by atoms with Gasteiger partial charge in [-0.3, -0.25) is 0 Å². The normalized spacial score (nSPS) is 13.2. The molecule has 0 unspecified atom stereocenters. The number of halogens is 2. The zero-order valence-electron chi connectivity index (χ0n) is 11.1. The maximum absolute atomic E-state index is 6.03. The topological polar surface area (TPSA) is 44.5 Å². The van der Waals surface area contributed by atoms with Crippen LogP contribution in [0.2, 0.25) is 0 Å². The van der Waals surface area contributed by atoms with Crippen LogP contribution in [-0.2, 0) is 5.75 Å². The highest BCUT2D eigenvalue weighted by molar-refractivity contribution is 9.10. The van der Waals surface area contributed by atoms with Crippen molar-refractivity contribution in [1.29, 1.82) is 0 Å². The zero-order valence-corrected chi connectivity index (χ0v) is 15.1. The highest BCUT2D eigenvalue weighted by Gasteiger charge is 2.15. The van der Waals surface area contributed by atoms with Crippen molar-refractivity contribution in [3.8, 4) is 11.5 Å². The standard InChI is InChI=1S/C15H13Br2NO2S/c16-10-1-2-15(12(18)6-10)21-8-9-5-13-14(7-11(9)17)20-4-3-19-13/h1-2,5-7H,3-4,8,18H2. The van der Waals surface area contributed by atoms with E-state index in [4.69, 9.17) is 15.2 Å². The maximum atomic E-state index is 6.03. The Morgan fingerprint density at radius 1 is 1.05 bits per heavy atom. The number of thioether (sulfide) groups is 1. The molecule has 2 N–H and O–H groups in total. The molecule has 2 aromatic carbocycles. The van der Waals surface area contributed by atoms with Gasteiger partial charge in [0, 0.05) is 25.3 Å². The largest absolute Gasteiger partial charge is 0.486 e. The van der Waals surface area contributed by atoms with E-state index in [0.717, 1.165) is 42.3 Å². The lowest BCUT2D eigenvalue weighted by Gasteiger charge is -2.20. The van der Waals surface area contributed by atoms with Crippen LogP contribution < -0.4 is 15.2 Å². The van der Waals surface area contributed by atoms with Gasteiger partial charge in [-0.15, -0.1) is 11.8 Å². The van der Waals surface area contributed by atoms with Crippen LogP contribution in [0, 0.1) is 0 Å². The molecular weight excluding hydrogens is 418 g/mol. The summed E-state index contributed by atoms with van der Waals surface area (Å²) in [6.45, 7) is 1.20. The lowest BCUT2D eigenvalue weighted by atomic mass is 10.2. The molecule has 1 aliphatic heterocycles. The SMILES string of the molecule is Nc1cc(Br)ccc1SCc1cc2c(cc1Br)OCCO2. The molecule has 0 bridgehead atoms. The third-order valence-corrected chi connectivity index (χ3v) is 5.44. The van der Waals surface area contributed by atoms with E-state index < -0.39 is 0 Å². The fourth-order valence-corrected chi connectivity index (χ4v) is 3.99. The first-order chi connectivity index (χ1) is 10.1. The first-order valence-electron chi connectivity index (χ1n) is 6.39. The quantitative estimate of drug-likeness (QED) is 0.557. The molecule has 0 radical (unpaired) electrons. The lowest BCUT2D eigenvalue weighted by molar-refractivity contribution is 0.171. The maximum Gasteiger partial charge on any atom is 0.162 e. The zero-order chi connectivity index (χ0) is 14.8. The minimum atomic E-state index is 0.598. The average Bonchev–Trinajstić information content (AvgIpc) is 2.46. The third-order valence-electron chi connectivity index (χ3n) is 3.07. The van der Waals surface area contributed by atoms with Crippen LogP contribution in [0.15, 0.2) is 44.2 Å². The van der Waals surface area contributed by atoms with Gasteiger partial charge in [0.1, 0.15) is 13.2 Å². The van der Waals surface area contributed by atoms with Gasteiger partial charge in [-0.2, -0.15) is 0 Å². The fraction of sp³-hybridized carbons (Fsp3) is 0.200. The molecule has 0 atom stereocenters. The molecule has 3 rings (SSSR count). The number of benzene rings is 2. The molecule has 1 heterocycles. The van der Waals surface area contributed by atoms with Crippen LogP contribution in [-0.4, -0.2) is 13.2 Å². The molecule has 0 spiro atoms. The van der Waals surface area contributed by atoms with Gasteiger partial charge >= 0.3 is 0 Å². The Morgan fingerprint density at radius 2 is 1.76 bits per heavy atom. The second-order valence-corrected chi connectivity index (χ2v) is 7.35. The molecule has 2 aromatic rings. The summed E-state index contributed by atoms with van der Waals surface area (Å²) in [6, 6.07) is 9.94. The van der Waals surface area contributed by atoms with Gasteiger partial charge < -0.3 is 15.2 Å². The van der Waals surface area contributed by atoms with Gasteiger partial charge in [0.25, 0.3) is 0 Å². The number of fused-ring (bicyclic) bond motifs is 1. The van der Waals surface area contributed by atoms with Crippen LogP contribution in [0.4, 0.5) is 5.69 Å². The summed E-state index contributed by atoms with van der Waals surface area (Å²) in [5, 5.41) is 0. The van der Waals surface area contributed by atoms with E-state index in [9.17, 15) is 0 Å². The molecule has 21 heavy (non-hydrogen) atoms. The van der Waals surface area contributed by atoms with E-state index in [2.05, 4.69) is 31.9 Å². The van der Waals surface area contributed by atoms with Crippen molar-refractivity contribution < 1.29 is 9.47 Å². The van der Waals surface area contributed by atoms with Gasteiger partial charge in [0.2, 0.25) is 0 Å². The van der Waals surface area contributed by atoms with Gasteiger partial charge in [0.05, 0.1) is 0 Å². The molecule has 0 saturated carbocycles. The van der Waals surface area contributed by atoms with E-state index in [1.54, 1.807) is 11.8 Å². The van der Waals surface area contributed by atoms with Crippen molar-refractivity contribution in [3.63, 3.8) is 0 Å². The van der Waals surface area contributed by atoms with Crippen molar-refractivity contribution in [1.82, 2.24) is 0 Å². The highest BCUT2D eigenvalue weighted by Crippen LogP contribution is 2.38. The summed E-state index contributed by atoms with van der Waals surface area (Å²) in [5.41, 5.74) is 7.97. The van der Waals surface area contributed by atoms with Gasteiger partial charge in [-0.1, -0.05) is 31.9 Å². The number of hydrogen-bond donors (Lipinski definition) is 1. The van der Waals surface area contributed by atoms with Crippen LogP contribution in [0.25, 0.3) is 0 Å². The molecule has 3 nitrogen and oxygen atoms in total. The van der Waals surface area contributed by atoms with E-state index in [1.807, 2.05) is 30.3 Å². The summed E-state index contributed by atoms with van der Waals surface area (Å²) in [4.78, 5) is 1.07. The van der Waals surface area contributed by atoms with Crippen molar-refractivity contribution in [2.45, 2.75) is 10.6 Å². The van der Waals surface area contributed by atoms with Crippen LogP contribution in [0.3, 0.4) is 0 Å². The van der Waals surface area contributed by atoms with E-state index >= 15 is 0 Å². The van der Waals surface area contributed by atoms with Crippen molar-refractivity contribution >= 4 is 49.3 Å². The molecular formula is C15H13Br2NO2S. The Hall–Kier alpha value is -0.850. The highest BCUT2D eigenvalue weighted by atomic mass is 79.9. The van der Waals surface area contributed by atoms with Crippen molar-refractivity contribution in [2.24, 2.45) is 0 Å². The van der Waals surface area contributed by atoms with Crippen LogP contribution >= 0.6 is 43.6 Å². The Bertz CT molecular complexity index is 679. The van der Waals surface area contributed by atoms with Crippen molar-refractivity contribution in [3.05, 3.63) is 44.8 Å². The predicted molar refractivity (Wildman–Crippen MR) is 93.2 cm³/mol. The molecule has 0 amide bonds. The first kappa shape index (κ1) is 15.1. The third kappa shape index (κ3) is 3.49. The summed E-state index contributed by atoms with van der Waals surface area (Å²) in [5.74, 6) is 2.41. The number of hydrogen-bond acceptors (Lipinski definition) is 4. The van der Waals surface area contributed by atoms with Gasteiger partial charge in [-0.05, 0) is 35.9 Å². The molecule has 0 aliphatic carbocycles. The number of ether oxygens (including phenoxy) is 2. The lowest BCUT2D eigenvalue weighted by Crippen LogP contribution is -2.15. The van der Waals surface area contributed by atoms with Crippen LogP contribution in [0.1, 0.15) is 5.56 Å². The van der Waals surface area contributed by atoms with Gasteiger partial charge in [-0.25, -0.2) is 0 Å². The number of anilines is 1. The molecule has 0 fully saturated rings. The monoisotopic (exact) mass is 429 g/mol. The Kier molecular flexibility index (Phi) is 4.66. The van der Waals surface area contributed by atoms with E-state index in [0.29, 0.717) is 13.2 Å². The minimum absolute atomic E-state index is 0.598. The fourth-order valence-electron chi connectivity index (χ4n) is 2.02. The summed E-state index contributed by atoms with van der Waals surface area (Å²) >= 11 is 8.71. The molecule has 0 saturated heterocycles. The Balaban J connectivity index is 1.78. The number of nitrogens with two attached hydrogens (primary N) is 1. The summed E-state index contributed by atoms with van der Waals surface area (Å²) < 4.78 is 13.2. The first-order valence-corrected chi connectivity index (χ1v) is 8.96. The summed E-state index contributed by atoms with van der Waals surface area (Å²) in [6.07, 6.45) is 0. The second kappa shape index (κ2) is 6.50. The number of nitrogen functional groups attached to an aromatic ring is 1. The van der Waals surface area contributed by atoms with E-state index in [1.165, 1.54) is 0 Å². The van der Waals surface area contributed by atoms with Crippen molar-refractivity contribution in [2.75, 3.05) is 18.9 Å². The Labute approximate surface area is 144 Å². The molecule has 1 aliphatic rings. The Morgan fingerprint density at radius 3 is 2.48 bits per heavy atom. The average molecular weight is 431 g/mol. The smallest absolute Gasteiger partial charge is 0.162 e. The minimum Gasteiger partial charge on any atom is -0.486 e. The second-order valence-electron chi connectivity index (χ2n) is 4.56. The molecule has 6 heteroatoms. The van der Waals surface area contributed by atoms with Gasteiger partial charge in [0.15, 0.2) is 11.5 Å². The summed E-state index contributed by atoms with van der Waals surface area (Å²) in [7, 11) is 0.